The summed E-state index contributed by atoms with van der Waals surface area (Å²) in [6.45, 7) is 26.6. The van der Waals surface area contributed by atoms with Gasteiger partial charge in [-0.3, -0.25) is 4.79 Å². The van der Waals surface area contributed by atoms with Gasteiger partial charge in [0.25, 0.3) is 0 Å². The van der Waals surface area contributed by atoms with Crippen LogP contribution in [-0.4, -0.2) is 12.6 Å². The molecule has 36 heavy (non-hydrogen) atoms. The van der Waals surface area contributed by atoms with Crippen molar-refractivity contribution in [2.75, 3.05) is 6.61 Å². The average molecular weight is 483 g/mol. The maximum atomic E-state index is 12.9. The zero-order valence-corrected chi connectivity index (χ0v) is 23.6. The van der Waals surface area contributed by atoms with Crippen LogP contribution in [-0.2, 0) is 16.0 Å². The van der Waals surface area contributed by atoms with Crippen LogP contribution < -0.4 is 0 Å². The third kappa shape index (κ3) is 4.19. The number of hydrogen-bond acceptors (Lipinski definition) is 2. The van der Waals surface area contributed by atoms with Crippen molar-refractivity contribution < 1.29 is 9.53 Å². The van der Waals surface area contributed by atoms with Crippen molar-refractivity contribution in [1.82, 2.24) is 0 Å². The smallest absolute Gasteiger partial charge is 0.316 e. The Morgan fingerprint density at radius 1 is 1.22 bits per heavy atom. The van der Waals surface area contributed by atoms with Gasteiger partial charge >= 0.3 is 5.97 Å². The van der Waals surface area contributed by atoms with Gasteiger partial charge in [-0.05, 0) is 140 Å². The first-order valence-electron chi connectivity index (χ1n) is 13.4. The number of fused-ring (bicyclic) bond motifs is 1. The predicted molar refractivity (Wildman–Crippen MR) is 152 cm³/mol. The van der Waals surface area contributed by atoms with Gasteiger partial charge < -0.3 is 4.74 Å². The monoisotopic (exact) mass is 482 g/mol. The highest BCUT2D eigenvalue weighted by Crippen LogP contribution is 2.48. The van der Waals surface area contributed by atoms with Crippen LogP contribution in [0.3, 0.4) is 0 Å². The molecular formula is C34H42O2. The van der Waals surface area contributed by atoms with Crippen LogP contribution in [0.1, 0.15) is 81.7 Å². The van der Waals surface area contributed by atoms with Gasteiger partial charge in [0.05, 0.1) is 5.41 Å². The summed E-state index contributed by atoms with van der Waals surface area (Å²) in [5.74, 6) is 0.326. The van der Waals surface area contributed by atoms with E-state index in [0.29, 0.717) is 12.3 Å². The van der Waals surface area contributed by atoms with Gasteiger partial charge in [0.2, 0.25) is 0 Å². The topological polar surface area (TPSA) is 26.3 Å². The van der Waals surface area contributed by atoms with Gasteiger partial charge in [-0.15, -0.1) is 0 Å². The molecule has 2 nitrogen and oxygen atoms in total. The van der Waals surface area contributed by atoms with Gasteiger partial charge in [-0.25, -0.2) is 0 Å². The predicted octanol–water partition coefficient (Wildman–Crippen LogP) is 8.63. The summed E-state index contributed by atoms with van der Waals surface area (Å²) >= 11 is 0. The maximum Gasteiger partial charge on any atom is 0.316 e. The fourth-order valence-corrected chi connectivity index (χ4v) is 6.31. The van der Waals surface area contributed by atoms with Crippen molar-refractivity contribution in [2.45, 2.75) is 81.1 Å². The molecule has 2 heteroatoms. The van der Waals surface area contributed by atoms with E-state index in [0.717, 1.165) is 47.1 Å². The number of cyclic esters (lactones) is 1. The van der Waals surface area contributed by atoms with E-state index in [1.54, 1.807) is 0 Å². The third-order valence-corrected chi connectivity index (χ3v) is 8.90. The quantitative estimate of drug-likeness (QED) is 0.403. The van der Waals surface area contributed by atoms with Gasteiger partial charge in [0, 0.05) is 0 Å². The Balaban J connectivity index is 1.96. The normalized spacial score (nSPS) is 27.7. The Hall–Kier alpha value is -2.87. The van der Waals surface area contributed by atoms with Gasteiger partial charge in [-0.2, -0.15) is 0 Å². The number of esters is 1. The van der Waals surface area contributed by atoms with E-state index in [1.165, 1.54) is 44.5 Å². The first kappa shape index (κ1) is 26.2. The standard InChI is InChI=1S/C34H42O2/c1-11-34(10)30(29(19(2)3)18-36-33(34)35)17-26-14-20(4)15-28(25(26)9)31-21(5)12-13-27-24(8)22(6)16-23(7)32(27)31/h14,16-17,21H,2,9,11-13,15,18H2,1,3-8,10H3/b26-17+,31-28-/t21-,34+/m0/s1. The lowest BCUT2D eigenvalue weighted by atomic mass is 9.70. The molecule has 0 unspecified atom stereocenters. The average Bonchev–Trinajstić information content (AvgIpc) is 2.82. The largest absolute Gasteiger partial charge is 0.460 e. The van der Waals surface area contributed by atoms with Crippen LogP contribution in [0.25, 0.3) is 5.57 Å². The minimum absolute atomic E-state index is 0.154. The fraction of sp³-hybridized carbons (Fsp3) is 0.441. The third-order valence-electron chi connectivity index (χ3n) is 8.90. The molecule has 1 aliphatic heterocycles. The van der Waals surface area contributed by atoms with Crippen molar-refractivity contribution in [3.63, 3.8) is 0 Å². The highest BCUT2D eigenvalue weighted by molar-refractivity contribution is 5.85. The summed E-state index contributed by atoms with van der Waals surface area (Å²) in [7, 11) is 0. The molecule has 2 atom stereocenters. The van der Waals surface area contributed by atoms with Crippen molar-refractivity contribution >= 4 is 11.5 Å². The second kappa shape index (κ2) is 9.54. The van der Waals surface area contributed by atoms with Gasteiger partial charge in [0.15, 0.2) is 0 Å². The second-order valence-corrected chi connectivity index (χ2v) is 11.5. The van der Waals surface area contributed by atoms with Crippen LogP contribution in [0.4, 0.5) is 0 Å². The lowest BCUT2D eigenvalue weighted by Gasteiger charge is -2.36. The first-order chi connectivity index (χ1) is 16.9. The van der Waals surface area contributed by atoms with E-state index in [9.17, 15) is 4.79 Å². The Bertz CT molecular complexity index is 1310. The van der Waals surface area contributed by atoms with Gasteiger partial charge in [-0.1, -0.05) is 50.3 Å². The Kier molecular flexibility index (Phi) is 6.94. The number of aryl methyl sites for hydroxylation is 2. The summed E-state index contributed by atoms with van der Waals surface area (Å²) in [5.41, 5.74) is 15.8. The molecule has 1 heterocycles. The number of carbonyl (C=O) groups excluding carboxylic acids is 1. The summed E-state index contributed by atoms with van der Waals surface area (Å²) in [6, 6.07) is 2.35. The molecule has 0 bridgehead atoms. The highest BCUT2D eigenvalue weighted by Gasteiger charge is 2.41. The van der Waals surface area contributed by atoms with Crippen LogP contribution in [0.2, 0.25) is 0 Å². The zero-order valence-electron chi connectivity index (χ0n) is 23.6. The molecule has 0 spiro atoms. The van der Waals surface area contributed by atoms with Crippen molar-refractivity contribution in [3.05, 3.63) is 98.2 Å². The molecule has 0 aromatic heterocycles. The summed E-state index contributed by atoms with van der Waals surface area (Å²) < 4.78 is 5.60. The highest BCUT2D eigenvalue weighted by atomic mass is 16.5. The number of carbonyl (C=O) groups is 1. The lowest BCUT2D eigenvalue weighted by molar-refractivity contribution is -0.153. The molecule has 0 amide bonds. The minimum atomic E-state index is -0.692. The van der Waals surface area contributed by atoms with E-state index in [1.807, 2.05) is 13.8 Å². The summed E-state index contributed by atoms with van der Waals surface area (Å²) in [6.07, 6.45) is 8.36. The number of benzene rings is 1. The molecule has 0 saturated heterocycles. The Labute approximate surface area is 218 Å². The van der Waals surface area contributed by atoms with Gasteiger partial charge in [0.1, 0.15) is 6.61 Å². The summed E-state index contributed by atoms with van der Waals surface area (Å²) in [4.78, 5) is 12.9. The molecule has 2 aliphatic carbocycles. The number of allylic oxidation sites excluding steroid dienone is 7. The second-order valence-electron chi connectivity index (χ2n) is 11.5. The van der Waals surface area contributed by atoms with E-state index < -0.39 is 5.41 Å². The Morgan fingerprint density at radius 3 is 2.56 bits per heavy atom. The van der Waals surface area contributed by atoms with E-state index in [2.05, 4.69) is 72.9 Å². The van der Waals surface area contributed by atoms with E-state index in [4.69, 9.17) is 4.74 Å². The van der Waals surface area contributed by atoms with Crippen molar-refractivity contribution in [2.24, 2.45) is 11.3 Å². The Morgan fingerprint density at radius 2 is 1.92 bits per heavy atom. The molecule has 0 fully saturated rings. The molecule has 190 valence electrons. The first-order valence-corrected chi connectivity index (χ1v) is 13.4. The van der Waals surface area contributed by atoms with Crippen LogP contribution in [0.15, 0.2) is 70.4 Å². The zero-order chi connectivity index (χ0) is 26.5. The molecule has 1 aromatic rings. The summed E-state index contributed by atoms with van der Waals surface area (Å²) in [5, 5.41) is 0. The lowest BCUT2D eigenvalue weighted by Crippen LogP contribution is -2.37. The number of rotatable bonds is 3. The number of ether oxygens (including phenoxy) is 1. The van der Waals surface area contributed by atoms with Crippen LogP contribution >= 0.6 is 0 Å². The molecule has 0 radical (unpaired) electrons. The van der Waals surface area contributed by atoms with Crippen molar-refractivity contribution in [1.29, 1.82) is 0 Å². The SMILES string of the molecule is C=C(C)C1=C(/C=C2\C=C(C)C/C(=C3/c4c(C)cc(C)c(C)c4CC[C@@H]3C)C2=C)[C@@](C)(CC)C(=O)OC1. The van der Waals surface area contributed by atoms with Crippen molar-refractivity contribution in [3.8, 4) is 0 Å². The van der Waals surface area contributed by atoms with Crippen LogP contribution in [0, 0.1) is 32.1 Å². The minimum Gasteiger partial charge on any atom is -0.460 e. The molecule has 3 aliphatic rings. The van der Waals surface area contributed by atoms with E-state index in [-0.39, 0.29) is 12.6 Å². The molecule has 4 rings (SSSR count). The molecular weight excluding hydrogens is 440 g/mol. The molecule has 1 aromatic carbocycles. The maximum absolute atomic E-state index is 12.9. The van der Waals surface area contributed by atoms with Crippen LogP contribution in [0.5, 0.6) is 0 Å². The number of hydrogen-bond donors (Lipinski definition) is 0. The molecule has 0 N–H and O–H groups in total. The molecule has 0 saturated carbocycles. The van der Waals surface area contributed by atoms with E-state index >= 15 is 0 Å². The fourth-order valence-electron chi connectivity index (χ4n) is 6.31.